The van der Waals surface area contributed by atoms with Gasteiger partial charge in [0, 0.05) is 19.6 Å². The molecule has 1 heterocycles. The molecule has 0 saturated carbocycles. The summed E-state index contributed by atoms with van der Waals surface area (Å²) in [5.74, 6) is -0.818. The first-order valence-electron chi connectivity index (χ1n) is 8.27. The van der Waals surface area contributed by atoms with E-state index < -0.39 is 18.2 Å². The van der Waals surface area contributed by atoms with Gasteiger partial charge in [0.2, 0.25) is 5.91 Å². The molecule has 138 valence electrons. The molecule has 1 aromatic carbocycles. The van der Waals surface area contributed by atoms with Crippen LogP contribution in [0.15, 0.2) is 30.3 Å². The lowest BCUT2D eigenvalue weighted by atomic mass is 9.77. The molecule has 0 radical (unpaired) electrons. The quantitative estimate of drug-likeness (QED) is 0.568. The topological polar surface area (TPSA) is 85.3 Å². The molecule has 7 heteroatoms. The van der Waals surface area contributed by atoms with E-state index in [-0.39, 0.29) is 37.8 Å². The van der Waals surface area contributed by atoms with Crippen molar-refractivity contribution in [2.75, 3.05) is 20.4 Å². The van der Waals surface area contributed by atoms with Gasteiger partial charge in [0.05, 0.1) is 12.0 Å². The van der Waals surface area contributed by atoms with E-state index >= 15 is 0 Å². The van der Waals surface area contributed by atoms with E-state index in [0.29, 0.717) is 0 Å². The first kappa shape index (κ1) is 19.2. The molecule has 1 aliphatic heterocycles. The third-order valence-electron chi connectivity index (χ3n) is 4.42. The smallest absolute Gasteiger partial charge is 0.430 e. The maximum absolute atomic E-state index is 12.3. The molecule has 1 saturated heterocycles. The minimum atomic E-state index is -0.815. The van der Waals surface area contributed by atoms with Crippen LogP contribution in [0.2, 0.25) is 0 Å². The van der Waals surface area contributed by atoms with Gasteiger partial charge in [-0.1, -0.05) is 37.3 Å². The average Bonchev–Trinajstić information content (AvgIpc) is 2.62. The Morgan fingerprint density at radius 3 is 2.56 bits per heavy atom. The molecule has 0 aromatic heterocycles. The second-order valence-corrected chi connectivity index (χ2v) is 6.25. The normalized spacial score (nSPS) is 22.1. The standard InChI is InChI=1S/C18H25NO6/c1-12(9-20)16-15(17(21)19(16)11-23-3)13(2)25-18(22)24-10-14-7-5-4-6-8-14/h4-8,12-13,15-16,20H,9-11H2,1-3H3. The van der Waals surface area contributed by atoms with E-state index in [2.05, 4.69) is 0 Å². The summed E-state index contributed by atoms with van der Waals surface area (Å²) in [6.45, 7) is 3.69. The van der Waals surface area contributed by atoms with Gasteiger partial charge in [-0.2, -0.15) is 0 Å². The predicted octanol–water partition coefficient (Wildman–Crippen LogP) is 1.79. The largest absolute Gasteiger partial charge is 0.508 e. The molecule has 25 heavy (non-hydrogen) atoms. The fourth-order valence-electron chi connectivity index (χ4n) is 3.11. The molecule has 0 aliphatic carbocycles. The van der Waals surface area contributed by atoms with Crippen molar-refractivity contribution in [2.45, 2.75) is 32.6 Å². The molecule has 4 unspecified atom stereocenters. The van der Waals surface area contributed by atoms with Crippen LogP contribution in [0, 0.1) is 11.8 Å². The number of benzene rings is 1. The number of nitrogens with zero attached hydrogens (tertiary/aromatic N) is 1. The molecule has 1 N–H and O–H groups in total. The van der Waals surface area contributed by atoms with Crippen molar-refractivity contribution in [3.63, 3.8) is 0 Å². The summed E-state index contributed by atoms with van der Waals surface area (Å²) in [7, 11) is 1.50. The molecule has 0 spiro atoms. The Balaban J connectivity index is 1.90. The number of hydrogen-bond donors (Lipinski definition) is 1. The van der Waals surface area contributed by atoms with Gasteiger partial charge in [0.1, 0.15) is 19.4 Å². The SMILES string of the molecule is COCN1C(=O)C(C(C)OC(=O)OCc2ccccc2)C1C(C)CO. The Labute approximate surface area is 147 Å². The van der Waals surface area contributed by atoms with Crippen LogP contribution in [0.3, 0.4) is 0 Å². The summed E-state index contributed by atoms with van der Waals surface area (Å²) in [5.41, 5.74) is 0.852. The van der Waals surface area contributed by atoms with E-state index in [4.69, 9.17) is 14.2 Å². The second-order valence-electron chi connectivity index (χ2n) is 6.25. The van der Waals surface area contributed by atoms with Crippen LogP contribution in [0.25, 0.3) is 0 Å². The molecule has 1 fully saturated rings. The fraction of sp³-hybridized carbons (Fsp3) is 0.556. The maximum Gasteiger partial charge on any atom is 0.508 e. The summed E-state index contributed by atoms with van der Waals surface area (Å²) >= 11 is 0. The Morgan fingerprint density at radius 2 is 1.96 bits per heavy atom. The molecular formula is C18H25NO6. The van der Waals surface area contributed by atoms with Gasteiger partial charge >= 0.3 is 6.16 Å². The number of likely N-dealkylation sites (tertiary alicyclic amines) is 1. The third kappa shape index (κ3) is 4.49. The van der Waals surface area contributed by atoms with Crippen LogP contribution in [-0.4, -0.2) is 54.7 Å². The van der Waals surface area contributed by atoms with Gasteiger partial charge < -0.3 is 24.2 Å². The third-order valence-corrected chi connectivity index (χ3v) is 4.42. The summed E-state index contributed by atoms with van der Waals surface area (Å²) in [5, 5.41) is 9.42. The monoisotopic (exact) mass is 351 g/mol. The van der Waals surface area contributed by atoms with Crippen molar-refractivity contribution in [1.82, 2.24) is 4.90 Å². The van der Waals surface area contributed by atoms with E-state index in [1.165, 1.54) is 7.11 Å². The van der Waals surface area contributed by atoms with E-state index in [1.807, 2.05) is 37.3 Å². The maximum atomic E-state index is 12.3. The van der Waals surface area contributed by atoms with E-state index in [9.17, 15) is 14.7 Å². The summed E-state index contributed by atoms with van der Waals surface area (Å²) in [4.78, 5) is 25.7. The lowest BCUT2D eigenvalue weighted by Crippen LogP contribution is -2.67. The van der Waals surface area contributed by atoms with Crippen LogP contribution in [0.4, 0.5) is 4.79 Å². The Hall–Kier alpha value is -2.12. The Morgan fingerprint density at radius 1 is 1.28 bits per heavy atom. The summed E-state index contributed by atoms with van der Waals surface area (Å²) in [6.07, 6.45) is -1.47. The average molecular weight is 351 g/mol. The van der Waals surface area contributed by atoms with Crippen molar-refractivity contribution in [1.29, 1.82) is 0 Å². The van der Waals surface area contributed by atoms with Crippen LogP contribution >= 0.6 is 0 Å². The van der Waals surface area contributed by atoms with Crippen LogP contribution in [0.1, 0.15) is 19.4 Å². The molecule has 1 amide bonds. The highest BCUT2D eigenvalue weighted by atomic mass is 16.7. The van der Waals surface area contributed by atoms with Crippen molar-refractivity contribution in [3.05, 3.63) is 35.9 Å². The van der Waals surface area contributed by atoms with Crippen LogP contribution in [0.5, 0.6) is 0 Å². The van der Waals surface area contributed by atoms with Crippen molar-refractivity contribution in [3.8, 4) is 0 Å². The second kappa shape index (κ2) is 8.82. The molecular weight excluding hydrogens is 326 g/mol. The number of aliphatic hydroxyl groups is 1. The first-order chi connectivity index (χ1) is 12.0. The van der Waals surface area contributed by atoms with Gasteiger partial charge in [-0.25, -0.2) is 4.79 Å². The Bertz CT molecular complexity index is 578. The van der Waals surface area contributed by atoms with Gasteiger partial charge in [-0.15, -0.1) is 0 Å². The van der Waals surface area contributed by atoms with Gasteiger partial charge in [-0.05, 0) is 12.5 Å². The molecule has 4 atom stereocenters. The van der Waals surface area contributed by atoms with Crippen LogP contribution in [-0.2, 0) is 25.6 Å². The highest BCUT2D eigenvalue weighted by Gasteiger charge is 2.53. The molecule has 2 rings (SSSR count). The lowest BCUT2D eigenvalue weighted by molar-refractivity contribution is -0.180. The molecule has 1 aliphatic rings. The molecule has 1 aromatic rings. The number of carbonyl (C=O) groups is 2. The minimum Gasteiger partial charge on any atom is -0.430 e. The number of methoxy groups -OCH3 is 1. The van der Waals surface area contributed by atoms with Crippen molar-refractivity contribution >= 4 is 12.1 Å². The van der Waals surface area contributed by atoms with Gasteiger partial charge in [-0.3, -0.25) is 4.79 Å². The number of ether oxygens (including phenoxy) is 3. The predicted molar refractivity (Wildman–Crippen MR) is 89.4 cm³/mol. The highest BCUT2D eigenvalue weighted by molar-refractivity contribution is 5.87. The summed E-state index contributed by atoms with van der Waals surface area (Å²) < 4.78 is 15.4. The molecule has 7 nitrogen and oxygen atoms in total. The van der Waals surface area contributed by atoms with Crippen LogP contribution < -0.4 is 0 Å². The van der Waals surface area contributed by atoms with Gasteiger partial charge in [0.25, 0.3) is 0 Å². The highest BCUT2D eigenvalue weighted by Crippen LogP contribution is 2.35. The zero-order valence-corrected chi connectivity index (χ0v) is 14.8. The Kier molecular flexibility index (Phi) is 6.78. The number of carbonyl (C=O) groups excluding carboxylic acids is 2. The minimum absolute atomic E-state index is 0.0696. The van der Waals surface area contributed by atoms with Gasteiger partial charge in [0.15, 0.2) is 0 Å². The zero-order chi connectivity index (χ0) is 18.4. The first-order valence-corrected chi connectivity index (χ1v) is 8.27. The zero-order valence-electron chi connectivity index (χ0n) is 14.8. The van der Waals surface area contributed by atoms with Crippen molar-refractivity contribution < 1.29 is 28.9 Å². The number of amides is 1. The number of rotatable bonds is 8. The summed E-state index contributed by atoms with van der Waals surface area (Å²) in [6, 6.07) is 9.02. The number of aliphatic hydroxyl groups excluding tert-OH is 1. The fourth-order valence-corrected chi connectivity index (χ4v) is 3.11. The van der Waals surface area contributed by atoms with E-state index in [0.717, 1.165) is 5.56 Å². The molecule has 0 bridgehead atoms. The lowest BCUT2D eigenvalue weighted by Gasteiger charge is -2.50. The number of hydrogen-bond acceptors (Lipinski definition) is 6. The number of β-lactam (4-membered cyclic amide) rings is 1. The van der Waals surface area contributed by atoms with E-state index in [1.54, 1.807) is 11.8 Å². The van der Waals surface area contributed by atoms with Crippen molar-refractivity contribution in [2.24, 2.45) is 11.8 Å².